The van der Waals surface area contributed by atoms with Gasteiger partial charge in [-0.1, -0.05) is 49.6 Å². The Labute approximate surface area is 143 Å². The number of benzene rings is 1. The largest absolute Gasteiger partial charge is 0.433 e. The zero-order chi connectivity index (χ0) is 17.9. The summed E-state index contributed by atoms with van der Waals surface area (Å²) in [7, 11) is 0. The molecule has 0 saturated heterocycles. The second-order valence-corrected chi connectivity index (χ2v) is 6.44. The van der Waals surface area contributed by atoms with Crippen molar-refractivity contribution in [2.45, 2.75) is 44.7 Å². The van der Waals surface area contributed by atoms with Crippen molar-refractivity contribution in [3.63, 3.8) is 0 Å². The number of H-pyrrole nitrogens is 1. The van der Waals surface area contributed by atoms with Gasteiger partial charge < -0.3 is 5.32 Å². The van der Waals surface area contributed by atoms with E-state index in [-0.39, 0.29) is 17.3 Å². The minimum Gasteiger partial charge on any atom is -0.309 e. The minimum absolute atomic E-state index is 0.0701. The van der Waals surface area contributed by atoms with Crippen molar-refractivity contribution in [3.8, 4) is 11.1 Å². The second kappa shape index (κ2) is 7.29. The molecule has 1 fully saturated rings. The first kappa shape index (κ1) is 17.5. The lowest BCUT2D eigenvalue weighted by Crippen LogP contribution is -2.19. The van der Waals surface area contributed by atoms with Crippen LogP contribution in [-0.4, -0.2) is 16.1 Å². The Kier molecular flexibility index (Phi) is 5.11. The Morgan fingerprint density at radius 2 is 1.84 bits per heavy atom. The van der Waals surface area contributed by atoms with Crippen molar-refractivity contribution in [3.05, 3.63) is 36.0 Å². The van der Waals surface area contributed by atoms with Gasteiger partial charge in [-0.15, -0.1) is 0 Å². The Balaban J connectivity index is 1.83. The number of anilines is 1. The van der Waals surface area contributed by atoms with Gasteiger partial charge in [0.15, 0.2) is 5.82 Å². The standard InChI is InChI=1S/C18H20F3N3O/c19-18(20,21)16-15(13-9-5-2-6-10-13)17(24-23-16)22-14(25)11-12-7-3-1-4-8-12/h2,5-6,9-10,12H,1,3-4,7-8,11H2,(H2,22,23,24,25). The van der Waals surface area contributed by atoms with Crippen LogP contribution >= 0.6 is 0 Å². The van der Waals surface area contributed by atoms with Crippen molar-refractivity contribution in [2.75, 3.05) is 5.32 Å². The van der Waals surface area contributed by atoms with E-state index in [9.17, 15) is 18.0 Å². The number of carbonyl (C=O) groups is 1. The van der Waals surface area contributed by atoms with Gasteiger partial charge in [-0.25, -0.2) is 0 Å². The highest BCUT2D eigenvalue weighted by Gasteiger charge is 2.38. The molecule has 0 spiro atoms. The maximum atomic E-state index is 13.3. The normalized spacial score (nSPS) is 16.0. The number of carbonyl (C=O) groups excluding carboxylic acids is 1. The fourth-order valence-electron chi connectivity index (χ4n) is 3.36. The molecule has 1 heterocycles. The molecular weight excluding hydrogens is 331 g/mol. The van der Waals surface area contributed by atoms with Crippen molar-refractivity contribution in [1.29, 1.82) is 0 Å². The summed E-state index contributed by atoms with van der Waals surface area (Å²) in [5.74, 6) is -0.0569. The smallest absolute Gasteiger partial charge is 0.309 e. The maximum Gasteiger partial charge on any atom is 0.433 e. The van der Waals surface area contributed by atoms with E-state index in [0.29, 0.717) is 17.9 Å². The van der Waals surface area contributed by atoms with Crippen LogP contribution in [0.4, 0.5) is 19.0 Å². The van der Waals surface area contributed by atoms with Crippen LogP contribution in [0.1, 0.15) is 44.2 Å². The lowest BCUT2D eigenvalue weighted by atomic mass is 9.87. The van der Waals surface area contributed by atoms with Crippen LogP contribution in [0.25, 0.3) is 11.1 Å². The number of aromatic nitrogens is 2. The predicted octanol–water partition coefficient (Wildman–Crippen LogP) is 5.00. The van der Waals surface area contributed by atoms with Crippen LogP contribution in [0.5, 0.6) is 0 Å². The van der Waals surface area contributed by atoms with E-state index in [0.717, 1.165) is 25.7 Å². The molecule has 0 aliphatic heterocycles. The average Bonchev–Trinajstić information content (AvgIpc) is 3.00. The van der Waals surface area contributed by atoms with E-state index in [1.54, 1.807) is 30.3 Å². The molecule has 1 amide bonds. The first-order chi connectivity index (χ1) is 11.9. The van der Waals surface area contributed by atoms with E-state index in [2.05, 4.69) is 10.4 Å². The van der Waals surface area contributed by atoms with Crippen LogP contribution in [-0.2, 0) is 11.0 Å². The molecular formula is C18H20F3N3O. The summed E-state index contributed by atoms with van der Waals surface area (Å²) in [6, 6.07) is 8.15. The van der Waals surface area contributed by atoms with Gasteiger partial charge in [0.25, 0.3) is 0 Å². The average molecular weight is 351 g/mol. The lowest BCUT2D eigenvalue weighted by molar-refractivity contribution is -0.140. The van der Waals surface area contributed by atoms with Crippen LogP contribution < -0.4 is 5.32 Å². The third-order valence-electron chi connectivity index (χ3n) is 4.57. The number of hydrogen-bond donors (Lipinski definition) is 2. The predicted molar refractivity (Wildman–Crippen MR) is 88.8 cm³/mol. The van der Waals surface area contributed by atoms with Gasteiger partial charge in [0.2, 0.25) is 5.91 Å². The fourth-order valence-corrected chi connectivity index (χ4v) is 3.36. The zero-order valence-electron chi connectivity index (χ0n) is 13.7. The summed E-state index contributed by atoms with van der Waals surface area (Å²) in [6.07, 6.45) is 1.12. The van der Waals surface area contributed by atoms with E-state index >= 15 is 0 Å². The molecule has 2 aromatic rings. The molecule has 0 atom stereocenters. The Morgan fingerprint density at radius 1 is 1.16 bits per heavy atom. The highest BCUT2D eigenvalue weighted by Crippen LogP contribution is 2.39. The summed E-state index contributed by atoms with van der Waals surface area (Å²) in [5.41, 5.74) is -0.715. The Bertz CT molecular complexity index is 719. The molecule has 3 rings (SSSR count). The van der Waals surface area contributed by atoms with Crippen molar-refractivity contribution < 1.29 is 18.0 Å². The number of halogens is 3. The summed E-state index contributed by atoms with van der Waals surface area (Å²) in [5, 5.41) is 8.31. The molecule has 1 saturated carbocycles. The van der Waals surface area contributed by atoms with Gasteiger partial charge in [-0.2, -0.15) is 18.3 Å². The van der Waals surface area contributed by atoms with Gasteiger partial charge in [0.05, 0.1) is 5.56 Å². The molecule has 1 aromatic heterocycles. The topological polar surface area (TPSA) is 57.8 Å². The van der Waals surface area contributed by atoms with Gasteiger partial charge in [0.1, 0.15) is 5.69 Å². The quantitative estimate of drug-likeness (QED) is 0.814. The molecule has 1 aromatic carbocycles. The number of amides is 1. The number of rotatable bonds is 4. The van der Waals surface area contributed by atoms with Crippen molar-refractivity contribution >= 4 is 11.7 Å². The fraction of sp³-hybridized carbons (Fsp3) is 0.444. The number of nitrogens with zero attached hydrogens (tertiary/aromatic N) is 1. The molecule has 1 aliphatic rings. The van der Waals surface area contributed by atoms with E-state index in [4.69, 9.17) is 0 Å². The van der Waals surface area contributed by atoms with Crippen LogP contribution in [0, 0.1) is 5.92 Å². The lowest BCUT2D eigenvalue weighted by Gasteiger charge is -2.20. The molecule has 0 radical (unpaired) electrons. The highest BCUT2D eigenvalue weighted by atomic mass is 19.4. The van der Waals surface area contributed by atoms with Gasteiger partial charge >= 0.3 is 6.18 Å². The van der Waals surface area contributed by atoms with Gasteiger partial charge in [-0.05, 0) is 24.3 Å². The zero-order valence-corrected chi connectivity index (χ0v) is 13.7. The molecule has 7 heteroatoms. The van der Waals surface area contributed by atoms with Crippen LogP contribution in [0.3, 0.4) is 0 Å². The molecule has 0 bridgehead atoms. The highest BCUT2D eigenvalue weighted by molar-refractivity contribution is 5.94. The molecule has 134 valence electrons. The molecule has 4 nitrogen and oxygen atoms in total. The summed E-state index contributed by atoms with van der Waals surface area (Å²) in [4.78, 5) is 12.3. The molecule has 2 N–H and O–H groups in total. The first-order valence-corrected chi connectivity index (χ1v) is 8.46. The van der Waals surface area contributed by atoms with Gasteiger partial charge in [0, 0.05) is 6.42 Å². The number of hydrogen-bond acceptors (Lipinski definition) is 2. The third-order valence-corrected chi connectivity index (χ3v) is 4.57. The number of nitrogens with one attached hydrogen (secondary N) is 2. The van der Waals surface area contributed by atoms with Gasteiger partial charge in [-0.3, -0.25) is 9.89 Å². The number of alkyl halides is 3. The summed E-state index contributed by atoms with van der Waals surface area (Å²) in [6.45, 7) is 0. The minimum atomic E-state index is -4.58. The van der Waals surface area contributed by atoms with Crippen molar-refractivity contribution in [1.82, 2.24) is 10.2 Å². The second-order valence-electron chi connectivity index (χ2n) is 6.44. The first-order valence-electron chi connectivity index (χ1n) is 8.46. The summed E-state index contributed by atoms with van der Waals surface area (Å²) < 4.78 is 39.8. The molecule has 1 aliphatic carbocycles. The Hall–Kier alpha value is -2.31. The van der Waals surface area contributed by atoms with E-state index < -0.39 is 11.9 Å². The van der Waals surface area contributed by atoms with Crippen molar-refractivity contribution in [2.24, 2.45) is 5.92 Å². The van der Waals surface area contributed by atoms with E-state index in [1.165, 1.54) is 6.42 Å². The monoisotopic (exact) mass is 351 g/mol. The molecule has 25 heavy (non-hydrogen) atoms. The van der Waals surface area contributed by atoms with E-state index in [1.807, 2.05) is 5.10 Å². The van der Waals surface area contributed by atoms with Crippen LogP contribution in [0.2, 0.25) is 0 Å². The maximum absolute atomic E-state index is 13.3. The van der Waals surface area contributed by atoms with Crippen LogP contribution in [0.15, 0.2) is 30.3 Å². The third kappa shape index (κ3) is 4.21. The summed E-state index contributed by atoms with van der Waals surface area (Å²) >= 11 is 0. The molecule has 0 unspecified atom stereocenters. The number of aromatic amines is 1. The Morgan fingerprint density at radius 3 is 2.48 bits per heavy atom. The SMILES string of the molecule is O=C(CC1CCCCC1)Nc1n[nH]c(C(F)(F)F)c1-c1ccccc1.